The van der Waals surface area contributed by atoms with Crippen molar-refractivity contribution in [2.75, 3.05) is 7.11 Å². The summed E-state index contributed by atoms with van der Waals surface area (Å²) >= 11 is 0. The lowest BCUT2D eigenvalue weighted by Gasteiger charge is -2.17. The average molecular weight is 298 g/mol. The summed E-state index contributed by atoms with van der Waals surface area (Å²) < 4.78 is 4.59. The van der Waals surface area contributed by atoms with Crippen LogP contribution in [0.5, 0.6) is 0 Å². The molecule has 2 heteroatoms. The van der Waals surface area contributed by atoms with E-state index in [9.17, 15) is 4.79 Å². The first-order chi connectivity index (χ1) is 10.4. The predicted molar refractivity (Wildman–Crippen MR) is 93.4 cm³/mol. The van der Waals surface area contributed by atoms with Gasteiger partial charge in [0.1, 0.15) is 0 Å². The van der Waals surface area contributed by atoms with Gasteiger partial charge in [0.2, 0.25) is 0 Å². The number of methoxy groups -OCH3 is 1. The van der Waals surface area contributed by atoms with Crippen LogP contribution in [-0.2, 0) is 9.53 Å². The third-order valence-electron chi connectivity index (χ3n) is 3.63. The largest absolute Gasteiger partial charge is 0.466 e. The highest BCUT2D eigenvalue weighted by atomic mass is 16.5. The Bertz CT molecular complexity index is 581. The van der Waals surface area contributed by atoms with Crippen LogP contribution in [0, 0.1) is 5.92 Å². The minimum Gasteiger partial charge on any atom is -0.466 e. The van der Waals surface area contributed by atoms with E-state index in [1.807, 2.05) is 25.2 Å². The molecule has 1 unspecified atom stereocenters. The first kappa shape index (κ1) is 18.0. The molecule has 0 bridgehead atoms. The summed E-state index contributed by atoms with van der Waals surface area (Å²) in [6.45, 7) is 8.36. The van der Waals surface area contributed by atoms with Gasteiger partial charge in [0.15, 0.2) is 0 Å². The monoisotopic (exact) mass is 298 g/mol. The summed E-state index contributed by atoms with van der Waals surface area (Å²) in [4.78, 5) is 11.1. The van der Waals surface area contributed by atoms with Crippen LogP contribution in [0.2, 0.25) is 0 Å². The van der Waals surface area contributed by atoms with Crippen molar-refractivity contribution in [3.05, 3.63) is 70.9 Å². The fraction of sp³-hybridized carbons (Fsp3) is 0.350. The Morgan fingerprint density at radius 1 is 1.27 bits per heavy atom. The summed E-state index contributed by atoms with van der Waals surface area (Å²) in [5.41, 5.74) is 4.78. The predicted octanol–water partition coefficient (Wildman–Crippen LogP) is 5.08. The van der Waals surface area contributed by atoms with Crippen LogP contribution in [0.3, 0.4) is 0 Å². The van der Waals surface area contributed by atoms with E-state index < -0.39 is 0 Å². The molecule has 118 valence electrons. The lowest BCUT2D eigenvalue weighted by molar-refractivity contribution is -0.134. The van der Waals surface area contributed by atoms with Crippen molar-refractivity contribution < 1.29 is 9.53 Å². The fourth-order valence-corrected chi connectivity index (χ4v) is 2.28. The SMILES string of the molecule is COC(=O)\C=C(C)/C=C/C=C(C)/C=C/C1=C(C)C=CCC1C. The Labute approximate surface area is 134 Å². The maximum atomic E-state index is 11.1. The molecule has 0 fully saturated rings. The van der Waals surface area contributed by atoms with E-state index >= 15 is 0 Å². The second-order valence-corrected chi connectivity index (χ2v) is 5.69. The lowest BCUT2D eigenvalue weighted by atomic mass is 9.88. The highest BCUT2D eigenvalue weighted by Gasteiger charge is 2.10. The topological polar surface area (TPSA) is 26.3 Å². The molecule has 0 radical (unpaired) electrons. The van der Waals surface area contributed by atoms with Crippen molar-refractivity contribution in [3.63, 3.8) is 0 Å². The number of rotatable bonds is 5. The third-order valence-corrected chi connectivity index (χ3v) is 3.63. The van der Waals surface area contributed by atoms with Crippen molar-refractivity contribution in [2.24, 2.45) is 5.92 Å². The molecule has 1 atom stereocenters. The molecule has 2 nitrogen and oxygen atoms in total. The number of hydrogen-bond acceptors (Lipinski definition) is 2. The van der Waals surface area contributed by atoms with E-state index in [0.717, 1.165) is 12.0 Å². The second kappa shape index (κ2) is 9.04. The van der Waals surface area contributed by atoms with Gasteiger partial charge in [-0.2, -0.15) is 0 Å². The van der Waals surface area contributed by atoms with Crippen LogP contribution in [0.25, 0.3) is 0 Å². The number of ether oxygens (including phenoxy) is 1. The molecule has 0 aromatic rings. The molecule has 0 N–H and O–H groups in total. The standard InChI is InChI=1S/C20H26O2/c1-15(8-6-9-16(2)14-20(21)22-5)12-13-19-17(3)10-7-11-18(19)4/h6-10,12-14,18H,11H2,1-5H3/b9-6+,13-12+,15-8+,16-14-. The van der Waals surface area contributed by atoms with Crippen molar-refractivity contribution in [2.45, 2.75) is 34.1 Å². The van der Waals surface area contributed by atoms with E-state index in [2.05, 4.69) is 49.8 Å². The van der Waals surface area contributed by atoms with E-state index in [0.29, 0.717) is 5.92 Å². The number of allylic oxidation sites excluding steroid dienone is 11. The minimum atomic E-state index is -0.329. The number of esters is 1. The summed E-state index contributed by atoms with van der Waals surface area (Å²) in [5, 5.41) is 0. The molecule has 1 rings (SSSR count). The van der Waals surface area contributed by atoms with Crippen LogP contribution < -0.4 is 0 Å². The first-order valence-electron chi connectivity index (χ1n) is 7.60. The zero-order valence-corrected chi connectivity index (χ0v) is 14.2. The molecule has 1 aliphatic carbocycles. The van der Waals surface area contributed by atoms with Gasteiger partial charge in [-0.15, -0.1) is 0 Å². The molecule has 0 aromatic carbocycles. The zero-order chi connectivity index (χ0) is 16.5. The summed E-state index contributed by atoms with van der Waals surface area (Å²) in [5.74, 6) is 0.249. The first-order valence-corrected chi connectivity index (χ1v) is 7.60. The Hall–Kier alpha value is -2.09. The van der Waals surface area contributed by atoms with E-state index in [4.69, 9.17) is 0 Å². The molecule has 0 saturated carbocycles. The quantitative estimate of drug-likeness (QED) is 0.402. The third kappa shape index (κ3) is 6.13. The summed E-state index contributed by atoms with van der Waals surface area (Å²) in [7, 11) is 1.38. The van der Waals surface area contributed by atoms with Crippen molar-refractivity contribution >= 4 is 5.97 Å². The second-order valence-electron chi connectivity index (χ2n) is 5.69. The Balaban J connectivity index is 2.70. The maximum Gasteiger partial charge on any atom is 0.330 e. The van der Waals surface area contributed by atoms with Crippen LogP contribution in [0.15, 0.2) is 70.9 Å². The maximum absolute atomic E-state index is 11.1. The molecular weight excluding hydrogens is 272 g/mol. The van der Waals surface area contributed by atoms with Gasteiger partial charge in [0.25, 0.3) is 0 Å². The van der Waals surface area contributed by atoms with Gasteiger partial charge in [0.05, 0.1) is 7.11 Å². The van der Waals surface area contributed by atoms with Crippen LogP contribution in [0.1, 0.15) is 34.1 Å². The lowest BCUT2D eigenvalue weighted by Crippen LogP contribution is -2.02. The number of carbonyl (C=O) groups excluding carboxylic acids is 1. The fourth-order valence-electron chi connectivity index (χ4n) is 2.28. The van der Waals surface area contributed by atoms with E-state index in [1.165, 1.54) is 29.9 Å². The van der Waals surface area contributed by atoms with Gasteiger partial charge in [-0.25, -0.2) is 4.79 Å². The molecule has 0 aliphatic heterocycles. The van der Waals surface area contributed by atoms with Crippen LogP contribution in [0.4, 0.5) is 0 Å². The van der Waals surface area contributed by atoms with Crippen LogP contribution in [-0.4, -0.2) is 13.1 Å². The van der Waals surface area contributed by atoms with Gasteiger partial charge in [-0.1, -0.05) is 55.0 Å². The van der Waals surface area contributed by atoms with E-state index in [1.54, 1.807) is 0 Å². The van der Waals surface area contributed by atoms with Gasteiger partial charge >= 0.3 is 5.97 Å². The van der Waals surface area contributed by atoms with Crippen molar-refractivity contribution in [3.8, 4) is 0 Å². The molecule has 22 heavy (non-hydrogen) atoms. The molecule has 0 spiro atoms. The summed E-state index contributed by atoms with van der Waals surface area (Å²) in [6, 6.07) is 0. The highest BCUT2D eigenvalue weighted by Crippen LogP contribution is 2.26. The van der Waals surface area contributed by atoms with Gasteiger partial charge in [-0.05, 0) is 49.8 Å². The van der Waals surface area contributed by atoms with Crippen molar-refractivity contribution in [1.29, 1.82) is 0 Å². The molecule has 0 amide bonds. The van der Waals surface area contributed by atoms with Crippen LogP contribution >= 0.6 is 0 Å². The van der Waals surface area contributed by atoms with Gasteiger partial charge in [0, 0.05) is 6.08 Å². The van der Waals surface area contributed by atoms with Gasteiger partial charge in [-0.3, -0.25) is 0 Å². The number of hydrogen-bond donors (Lipinski definition) is 0. The molecule has 0 heterocycles. The van der Waals surface area contributed by atoms with Gasteiger partial charge < -0.3 is 4.74 Å². The average Bonchev–Trinajstić information content (AvgIpc) is 2.46. The highest BCUT2D eigenvalue weighted by molar-refractivity contribution is 5.83. The smallest absolute Gasteiger partial charge is 0.330 e. The Morgan fingerprint density at radius 2 is 2.00 bits per heavy atom. The molecule has 0 saturated heterocycles. The summed E-state index contributed by atoms with van der Waals surface area (Å²) in [6.07, 6.45) is 17.2. The molecule has 0 aromatic heterocycles. The number of carbonyl (C=O) groups is 1. The van der Waals surface area contributed by atoms with Crippen molar-refractivity contribution in [1.82, 2.24) is 0 Å². The molecule has 1 aliphatic rings. The molecular formula is C20H26O2. The Kier molecular flexibility index (Phi) is 7.38. The Morgan fingerprint density at radius 3 is 2.64 bits per heavy atom. The minimum absolute atomic E-state index is 0.329. The normalized spacial score (nSPS) is 20.3. The zero-order valence-electron chi connectivity index (χ0n) is 14.2. The van der Waals surface area contributed by atoms with E-state index in [-0.39, 0.29) is 5.97 Å².